The first-order valence-corrected chi connectivity index (χ1v) is 9.04. The van der Waals surface area contributed by atoms with Crippen LogP contribution in [0.5, 0.6) is 5.75 Å². The Balaban J connectivity index is 1.80. The van der Waals surface area contributed by atoms with Crippen LogP contribution in [-0.2, 0) is 0 Å². The molecule has 0 aliphatic heterocycles. The molecule has 0 amide bonds. The molecule has 0 aliphatic rings. The van der Waals surface area contributed by atoms with Crippen molar-refractivity contribution in [2.75, 3.05) is 5.73 Å². The number of nitrogens with two attached hydrogens (primary N) is 1. The number of fused-ring (bicyclic) bond motifs is 1. The molecule has 13 heteroatoms. The Morgan fingerprint density at radius 2 is 1.90 bits per heavy atom. The van der Waals surface area contributed by atoms with Gasteiger partial charge in [0.05, 0.1) is 17.3 Å². The lowest BCUT2D eigenvalue weighted by Gasteiger charge is -2.16. The number of rotatable bonds is 5. The van der Waals surface area contributed by atoms with Crippen molar-refractivity contribution < 1.29 is 22.3 Å². The number of halogens is 5. The van der Waals surface area contributed by atoms with Crippen molar-refractivity contribution in [1.82, 2.24) is 29.7 Å². The second-order valence-electron chi connectivity index (χ2n) is 6.30. The van der Waals surface area contributed by atoms with E-state index in [1.54, 1.807) is 0 Å². The Hall–Kier alpha value is -3.54. The summed E-state index contributed by atoms with van der Waals surface area (Å²) in [7, 11) is 0. The van der Waals surface area contributed by atoms with Crippen LogP contribution in [0.4, 0.5) is 23.4 Å². The number of alkyl halides is 2. The minimum Gasteiger partial charge on any atom is -0.480 e. The molecule has 8 nitrogen and oxygen atoms in total. The number of ether oxygens (including phenoxy) is 1. The molecule has 3 aromatic heterocycles. The number of pyridine rings is 1. The number of nitrogen functional groups attached to an aromatic ring is 1. The Bertz CT molecular complexity index is 1280. The maximum Gasteiger partial charge on any atom is 0.334 e. The van der Waals surface area contributed by atoms with Crippen LogP contribution in [0.15, 0.2) is 31.0 Å². The minimum absolute atomic E-state index is 0.00413. The number of anilines is 1. The molecule has 0 fully saturated rings. The van der Waals surface area contributed by atoms with E-state index in [2.05, 4.69) is 25.0 Å². The van der Waals surface area contributed by atoms with Gasteiger partial charge in [-0.3, -0.25) is 0 Å². The smallest absolute Gasteiger partial charge is 0.334 e. The largest absolute Gasteiger partial charge is 0.480 e. The zero-order valence-corrected chi connectivity index (χ0v) is 16.4. The van der Waals surface area contributed by atoms with Crippen molar-refractivity contribution in [3.8, 4) is 17.0 Å². The minimum atomic E-state index is -2.85. The van der Waals surface area contributed by atoms with Crippen molar-refractivity contribution in [3.05, 3.63) is 53.5 Å². The number of hydrogen-bond donors (Lipinski definition) is 1. The number of benzene rings is 1. The zero-order valence-electron chi connectivity index (χ0n) is 15.6. The van der Waals surface area contributed by atoms with Gasteiger partial charge in [0.2, 0.25) is 0 Å². The van der Waals surface area contributed by atoms with Crippen LogP contribution in [0.3, 0.4) is 0 Å². The van der Waals surface area contributed by atoms with Crippen molar-refractivity contribution in [2.45, 2.75) is 19.6 Å². The van der Waals surface area contributed by atoms with E-state index in [9.17, 15) is 17.6 Å². The van der Waals surface area contributed by atoms with Crippen LogP contribution < -0.4 is 10.5 Å². The zero-order chi connectivity index (χ0) is 22.3. The maximum absolute atomic E-state index is 14.6. The summed E-state index contributed by atoms with van der Waals surface area (Å²) in [6.45, 7) is -1.32. The second kappa shape index (κ2) is 7.95. The summed E-state index contributed by atoms with van der Waals surface area (Å²) in [5.74, 6) is -1.87. The summed E-state index contributed by atoms with van der Waals surface area (Å²) in [5, 5.41) is 3.15. The van der Waals surface area contributed by atoms with E-state index in [4.69, 9.17) is 22.1 Å². The lowest BCUT2D eigenvalue weighted by atomic mass is 10.1. The van der Waals surface area contributed by atoms with Gasteiger partial charge in [0.1, 0.15) is 34.8 Å². The van der Waals surface area contributed by atoms with E-state index in [-0.39, 0.29) is 39.6 Å². The van der Waals surface area contributed by atoms with Gasteiger partial charge in [0, 0.05) is 5.56 Å². The topological polar surface area (TPSA) is 105 Å². The molecule has 0 spiro atoms. The van der Waals surface area contributed by atoms with Crippen LogP contribution in [0.2, 0.25) is 5.02 Å². The monoisotopic (exact) mass is 453 g/mol. The average molecular weight is 454 g/mol. The summed E-state index contributed by atoms with van der Waals surface area (Å²) < 4.78 is 59.8. The average Bonchev–Trinajstić information content (AvgIpc) is 3.24. The molecule has 1 aromatic carbocycles. The third-order valence-electron chi connectivity index (χ3n) is 4.34. The molecule has 0 radical (unpaired) electrons. The van der Waals surface area contributed by atoms with E-state index in [1.807, 2.05) is 0 Å². The molecule has 0 unspecified atom stereocenters. The summed E-state index contributed by atoms with van der Waals surface area (Å²) in [6.07, 6.45) is 2.38. The van der Waals surface area contributed by atoms with Gasteiger partial charge in [-0.15, -0.1) is 5.10 Å². The fraction of sp³-hybridized carbons (Fsp3) is 0.167. The maximum atomic E-state index is 14.6. The lowest BCUT2D eigenvalue weighted by molar-refractivity contribution is 0.0550. The molecule has 3 heterocycles. The van der Waals surface area contributed by atoms with Crippen LogP contribution >= 0.6 is 11.6 Å². The summed E-state index contributed by atoms with van der Waals surface area (Å²) in [6, 6.07) is 2.16. The first-order chi connectivity index (χ1) is 14.8. The number of hydrogen-bond acceptors (Lipinski definition) is 7. The van der Waals surface area contributed by atoms with E-state index >= 15 is 0 Å². The van der Waals surface area contributed by atoms with Gasteiger partial charge < -0.3 is 10.5 Å². The molecule has 0 saturated heterocycles. The second-order valence-corrected chi connectivity index (χ2v) is 6.67. The van der Waals surface area contributed by atoms with E-state index in [0.29, 0.717) is 4.68 Å². The molecule has 0 bridgehead atoms. The SMILES string of the molecule is C[C@@H](Oc1cnc(-c2ccc(F)c(Cl)c2F)c2ncnc(N)c12)c1ncn(C(F)F)n1. The fourth-order valence-corrected chi connectivity index (χ4v) is 3.04. The van der Waals surface area contributed by atoms with Gasteiger partial charge in [0.25, 0.3) is 0 Å². The highest BCUT2D eigenvalue weighted by Crippen LogP contribution is 2.37. The molecule has 0 saturated carbocycles. The molecule has 0 aliphatic carbocycles. The lowest BCUT2D eigenvalue weighted by Crippen LogP contribution is -2.09. The Kier molecular flexibility index (Phi) is 5.31. The van der Waals surface area contributed by atoms with Crippen molar-refractivity contribution in [3.63, 3.8) is 0 Å². The third-order valence-corrected chi connectivity index (χ3v) is 4.69. The molecule has 1 atom stereocenters. The van der Waals surface area contributed by atoms with Gasteiger partial charge in [-0.1, -0.05) is 11.6 Å². The van der Waals surface area contributed by atoms with Crippen LogP contribution in [0.1, 0.15) is 25.4 Å². The van der Waals surface area contributed by atoms with E-state index in [1.165, 1.54) is 19.2 Å². The molecule has 4 aromatic rings. The molecule has 31 heavy (non-hydrogen) atoms. The van der Waals surface area contributed by atoms with E-state index in [0.717, 1.165) is 18.7 Å². The first kappa shape index (κ1) is 20.7. The van der Waals surface area contributed by atoms with Crippen molar-refractivity contribution in [1.29, 1.82) is 0 Å². The highest BCUT2D eigenvalue weighted by atomic mass is 35.5. The number of aromatic nitrogens is 6. The standard InChI is InChI=1S/C18H12ClF4N7O/c1-7(17-28-6-30(29-17)18(22)23)31-10-4-25-14(15-11(10)16(24)27-5-26-15)8-2-3-9(20)12(19)13(8)21/h2-7,18H,1H3,(H2,24,26,27)/t7-/m1/s1. The first-order valence-electron chi connectivity index (χ1n) is 8.66. The highest BCUT2D eigenvalue weighted by Gasteiger charge is 2.22. The van der Waals surface area contributed by atoms with E-state index < -0.39 is 29.3 Å². The summed E-state index contributed by atoms with van der Waals surface area (Å²) >= 11 is 5.68. The quantitative estimate of drug-likeness (QED) is 0.354. The normalized spacial score (nSPS) is 12.5. The Morgan fingerprint density at radius 1 is 1.13 bits per heavy atom. The fourth-order valence-electron chi connectivity index (χ4n) is 2.88. The molecule has 2 N–H and O–H groups in total. The van der Waals surface area contributed by atoms with Crippen LogP contribution in [-0.4, -0.2) is 29.7 Å². The van der Waals surface area contributed by atoms with Crippen molar-refractivity contribution >= 4 is 28.3 Å². The Morgan fingerprint density at radius 3 is 2.61 bits per heavy atom. The summed E-state index contributed by atoms with van der Waals surface area (Å²) in [4.78, 5) is 16.0. The Labute approximate surface area is 176 Å². The molecule has 4 rings (SSSR count). The summed E-state index contributed by atoms with van der Waals surface area (Å²) in [5.41, 5.74) is 6.02. The van der Waals surface area contributed by atoms with Gasteiger partial charge in [-0.05, 0) is 19.1 Å². The van der Waals surface area contributed by atoms with Gasteiger partial charge >= 0.3 is 6.55 Å². The van der Waals surface area contributed by atoms with Crippen molar-refractivity contribution in [2.24, 2.45) is 0 Å². The molecular weight excluding hydrogens is 442 g/mol. The van der Waals surface area contributed by atoms with Gasteiger partial charge in [-0.25, -0.2) is 28.7 Å². The number of nitrogens with zero attached hydrogens (tertiary/aromatic N) is 6. The third kappa shape index (κ3) is 3.69. The van der Waals surface area contributed by atoms with Gasteiger partial charge in [0.15, 0.2) is 23.5 Å². The van der Waals surface area contributed by atoms with Gasteiger partial charge in [-0.2, -0.15) is 13.5 Å². The predicted octanol–water partition coefficient (Wildman–Crippen LogP) is 4.33. The molecular formula is C18H12ClF4N7O. The van der Waals surface area contributed by atoms with Crippen LogP contribution in [0.25, 0.3) is 22.2 Å². The highest BCUT2D eigenvalue weighted by molar-refractivity contribution is 6.31. The van der Waals surface area contributed by atoms with Crippen LogP contribution in [0, 0.1) is 11.6 Å². The molecule has 160 valence electrons. The predicted molar refractivity (Wildman–Crippen MR) is 102 cm³/mol.